The third kappa shape index (κ3) is 5.88. The van der Waals surface area contributed by atoms with Gasteiger partial charge in [-0.25, -0.2) is 8.42 Å². The predicted molar refractivity (Wildman–Crippen MR) is 126 cm³/mol. The SMILES string of the molecule is CC(C)c1ccccc1N(CC(=O)NCc1ccccc1CN1CCCC1=O)S(C)(=O)=O. The van der Waals surface area contributed by atoms with E-state index in [1.54, 1.807) is 12.1 Å². The van der Waals surface area contributed by atoms with Crippen LogP contribution in [0.15, 0.2) is 48.5 Å². The quantitative estimate of drug-likeness (QED) is 0.627. The van der Waals surface area contributed by atoms with Gasteiger partial charge in [0.05, 0.1) is 11.9 Å². The van der Waals surface area contributed by atoms with E-state index < -0.39 is 10.0 Å². The normalized spacial score (nSPS) is 14.1. The van der Waals surface area contributed by atoms with Crippen LogP contribution in [-0.4, -0.2) is 44.5 Å². The second kappa shape index (κ2) is 10.2. The van der Waals surface area contributed by atoms with Crippen molar-refractivity contribution in [2.75, 3.05) is 23.7 Å². The lowest BCUT2D eigenvalue weighted by molar-refractivity contribution is -0.128. The summed E-state index contributed by atoms with van der Waals surface area (Å²) in [5.74, 6) is -0.129. The molecule has 172 valence electrons. The summed E-state index contributed by atoms with van der Waals surface area (Å²) in [6.45, 7) is 5.21. The second-order valence-electron chi connectivity index (χ2n) is 8.45. The number of sulfonamides is 1. The summed E-state index contributed by atoms with van der Waals surface area (Å²) in [7, 11) is -3.65. The number of rotatable bonds is 9. The lowest BCUT2D eigenvalue weighted by atomic mass is 10.0. The Morgan fingerprint density at radius 3 is 2.38 bits per heavy atom. The first-order chi connectivity index (χ1) is 15.2. The van der Waals surface area contributed by atoms with E-state index in [1.807, 2.05) is 55.1 Å². The van der Waals surface area contributed by atoms with Gasteiger partial charge >= 0.3 is 0 Å². The molecular formula is C24H31N3O4S. The number of nitrogens with zero attached hydrogens (tertiary/aromatic N) is 2. The molecule has 0 spiro atoms. The molecule has 2 amide bonds. The topological polar surface area (TPSA) is 86.8 Å². The van der Waals surface area contributed by atoms with Crippen molar-refractivity contribution >= 4 is 27.5 Å². The second-order valence-corrected chi connectivity index (χ2v) is 10.4. The van der Waals surface area contributed by atoms with Crippen LogP contribution in [0.3, 0.4) is 0 Å². The largest absolute Gasteiger partial charge is 0.350 e. The van der Waals surface area contributed by atoms with Gasteiger partial charge in [-0.2, -0.15) is 0 Å². The minimum atomic E-state index is -3.65. The number of carbonyl (C=O) groups is 2. The number of para-hydroxylation sites is 1. The Hall–Kier alpha value is -2.87. The number of benzene rings is 2. The van der Waals surface area contributed by atoms with Gasteiger partial charge in [0, 0.05) is 26.1 Å². The molecule has 1 N–H and O–H groups in total. The highest BCUT2D eigenvalue weighted by molar-refractivity contribution is 7.92. The van der Waals surface area contributed by atoms with Crippen LogP contribution < -0.4 is 9.62 Å². The summed E-state index contributed by atoms with van der Waals surface area (Å²) < 4.78 is 26.2. The average Bonchev–Trinajstić information content (AvgIpc) is 3.15. The number of likely N-dealkylation sites (tertiary alicyclic amines) is 1. The van der Waals surface area contributed by atoms with Crippen molar-refractivity contribution in [1.29, 1.82) is 0 Å². The Balaban J connectivity index is 1.72. The molecule has 1 aliphatic heterocycles. The highest BCUT2D eigenvalue weighted by Crippen LogP contribution is 2.28. The molecule has 7 nitrogen and oxygen atoms in total. The maximum Gasteiger partial charge on any atom is 0.241 e. The molecule has 3 rings (SSSR count). The van der Waals surface area contributed by atoms with Crippen LogP contribution in [0.25, 0.3) is 0 Å². The van der Waals surface area contributed by atoms with E-state index in [2.05, 4.69) is 5.32 Å². The summed E-state index contributed by atoms with van der Waals surface area (Å²) in [5.41, 5.74) is 3.28. The number of hydrogen-bond donors (Lipinski definition) is 1. The molecule has 1 heterocycles. The number of amides is 2. The molecule has 1 aliphatic rings. The first-order valence-corrected chi connectivity index (χ1v) is 12.7. The predicted octanol–water partition coefficient (Wildman–Crippen LogP) is 3.01. The lowest BCUT2D eigenvalue weighted by Gasteiger charge is -2.25. The first kappa shape index (κ1) is 23.8. The Labute approximate surface area is 190 Å². The van der Waals surface area contributed by atoms with Crippen molar-refractivity contribution in [3.8, 4) is 0 Å². The van der Waals surface area contributed by atoms with E-state index in [9.17, 15) is 18.0 Å². The number of hydrogen-bond acceptors (Lipinski definition) is 4. The number of anilines is 1. The van der Waals surface area contributed by atoms with Gasteiger partial charge in [0.25, 0.3) is 0 Å². The van der Waals surface area contributed by atoms with Gasteiger partial charge in [0.2, 0.25) is 21.8 Å². The smallest absolute Gasteiger partial charge is 0.241 e. The minimum Gasteiger partial charge on any atom is -0.350 e. The van der Waals surface area contributed by atoms with Crippen LogP contribution >= 0.6 is 0 Å². The van der Waals surface area contributed by atoms with E-state index in [4.69, 9.17) is 0 Å². The zero-order valence-corrected chi connectivity index (χ0v) is 19.7. The van der Waals surface area contributed by atoms with E-state index in [-0.39, 0.29) is 30.8 Å². The van der Waals surface area contributed by atoms with Gasteiger partial charge in [-0.3, -0.25) is 13.9 Å². The van der Waals surface area contributed by atoms with Crippen LogP contribution in [0.2, 0.25) is 0 Å². The Morgan fingerprint density at radius 2 is 1.75 bits per heavy atom. The molecule has 0 unspecified atom stereocenters. The van der Waals surface area contributed by atoms with E-state index in [1.165, 1.54) is 0 Å². The van der Waals surface area contributed by atoms with Crippen molar-refractivity contribution in [2.24, 2.45) is 0 Å². The van der Waals surface area contributed by atoms with E-state index in [0.717, 1.165) is 40.2 Å². The molecular weight excluding hydrogens is 426 g/mol. The average molecular weight is 458 g/mol. The molecule has 1 saturated heterocycles. The lowest BCUT2D eigenvalue weighted by Crippen LogP contribution is -2.40. The molecule has 0 aromatic heterocycles. The van der Waals surface area contributed by atoms with Crippen molar-refractivity contribution in [3.63, 3.8) is 0 Å². The molecule has 1 fully saturated rings. The molecule has 0 bridgehead atoms. The van der Waals surface area contributed by atoms with Crippen LogP contribution in [-0.2, 0) is 32.7 Å². The van der Waals surface area contributed by atoms with Gasteiger partial charge in [-0.05, 0) is 35.1 Å². The first-order valence-electron chi connectivity index (χ1n) is 10.8. The Morgan fingerprint density at radius 1 is 1.09 bits per heavy atom. The van der Waals surface area contributed by atoms with Crippen molar-refractivity contribution in [1.82, 2.24) is 10.2 Å². The highest BCUT2D eigenvalue weighted by atomic mass is 32.2. The summed E-state index contributed by atoms with van der Waals surface area (Å²) in [6, 6.07) is 14.9. The molecule has 0 radical (unpaired) electrons. The molecule has 0 aliphatic carbocycles. The van der Waals surface area contributed by atoms with Gasteiger partial charge < -0.3 is 10.2 Å². The third-order valence-corrected chi connectivity index (χ3v) is 6.77. The fourth-order valence-electron chi connectivity index (χ4n) is 3.93. The van der Waals surface area contributed by atoms with Crippen molar-refractivity contribution in [3.05, 3.63) is 65.2 Å². The maximum atomic E-state index is 12.8. The van der Waals surface area contributed by atoms with Crippen LogP contribution in [0.5, 0.6) is 0 Å². The van der Waals surface area contributed by atoms with E-state index in [0.29, 0.717) is 18.7 Å². The number of nitrogens with one attached hydrogen (secondary N) is 1. The van der Waals surface area contributed by atoms with Crippen LogP contribution in [0, 0.1) is 0 Å². The van der Waals surface area contributed by atoms with Gasteiger partial charge in [0.1, 0.15) is 6.54 Å². The summed E-state index contributed by atoms with van der Waals surface area (Å²) in [6.07, 6.45) is 2.56. The van der Waals surface area contributed by atoms with Gasteiger partial charge in [-0.15, -0.1) is 0 Å². The third-order valence-electron chi connectivity index (χ3n) is 5.64. The Bertz CT molecular complexity index is 1080. The van der Waals surface area contributed by atoms with Crippen LogP contribution in [0.4, 0.5) is 5.69 Å². The van der Waals surface area contributed by atoms with Crippen molar-refractivity contribution in [2.45, 2.75) is 45.7 Å². The zero-order valence-electron chi connectivity index (χ0n) is 18.9. The summed E-state index contributed by atoms with van der Waals surface area (Å²) in [5, 5.41) is 2.85. The minimum absolute atomic E-state index is 0.110. The fourth-order valence-corrected chi connectivity index (χ4v) is 4.80. The molecule has 32 heavy (non-hydrogen) atoms. The van der Waals surface area contributed by atoms with Gasteiger partial charge in [-0.1, -0.05) is 56.3 Å². The summed E-state index contributed by atoms with van der Waals surface area (Å²) in [4.78, 5) is 26.6. The molecule has 2 aromatic carbocycles. The fraction of sp³-hybridized carbons (Fsp3) is 0.417. The van der Waals surface area contributed by atoms with Gasteiger partial charge in [0.15, 0.2) is 0 Å². The zero-order chi connectivity index (χ0) is 23.3. The van der Waals surface area contributed by atoms with Crippen LogP contribution in [0.1, 0.15) is 49.3 Å². The van der Waals surface area contributed by atoms with E-state index >= 15 is 0 Å². The monoisotopic (exact) mass is 457 g/mol. The number of carbonyl (C=O) groups excluding carboxylic acids is 2. The standard InChI is InChI=1S/C24H31N3O4S/c1-18(2)21-11-6-7-12-22(21)27(32(3,30)31)17-23(28)25-15-19-9-4-5-10-20(19)16-26-14-8-13-24(26)29/h4-7,9-12,18H,8,13-17H2,1-3H3,(H,25,28). The molecule has 2 aromatic rings. The molecule has 0 saturated carbocycles. The Kier molecular flexibility index (Phi) is 7.56. The molecule has 0 atom stereocenters. The molecule has 8 heteroatoms. The van der Waals surface area contributed by atoms with Crippen molar-refractivity contribution < 1.29 is 18.0 Å². The highest BCUT2D eigenvalue weighted by Gasteiger charge is 2.24. The summed E-state index contributed by atoms with van der Waals surface area (Å²) >= 11 is 0. The maximum absolute atomic E-state index is 12.8.